The second kappa shape index (κ2) is 11.3. The van der Waals surface area contributed by atoms with Gasteiger partial charge in [0.15, 0.2) is 0 Å². The highest BCUT2D eigenvalue weighted by atomic mass is 16.7. The highest BCUT2D eigenvalue weighted by molar-refractivity contribution is 5.88. The first-order valence-electron chi connectivity index (χ1n) is 8.45. The Labute approximate surface area is 163 Å². The van der Waals surface area contributed by atoms with Crippen molar-refractivity contribution in [1.29, 1.82) is 0 Å². The standard InChI is InChI=1S/C21H21NO6/c1-16-7-9-17(10-8-16)14-26-15-21(24)28-22-13-18-5-3-4-6-19(18)27-20(23)11-12-25-2/h3-13H,14-15H2,1-2H3. The molecule has 7 nitrogen and oxygen atoms in total. The van der Waals surface area contributed by atoms with Crippen LogP contribution in [0.4, 0.5) is 0 Å². The van der Waals surface area contributed by atoms with E-state index in [1.54, 1.807) is 24.3 Å². The number of nitrogens with zero attached hydrogens (tertiary/aromatic N) is 1. The largest absolute Gasteiger partial charge is 0.504 e. The zero-order valence-corrected chi connectivity index (χ0v) is 15.7. The van der Waals surface area contributed by atoms with Crippen LogP contribution in [-0.2, 0) is 30.5 Å². The van der Waals surface area contributed by atoms with E-state index in [-0.39, 0.29) is 12.4 Å². The monoisotopic (exact) mass is 383 g/mol. The average molecular weight is 383 g/mol. The van der Waals surface area contributed by atoms with Crippen molar-refractivity contribution in [3.05, 3.63) is 77.6 Å². The fourth-order valence-corrected chi connectivity index (χ4v) is 2.05. The van der Waals surface area contributed by atoms with Gasteiger partial charge in [-0.25, -0.2) is 9.59 Å². The summed E-state index contributed by atoms with van der Waals surface area (Å²) in [6.07, 6.45) is 3.62. The number of carbonyl (C=O) groups is 2. The maximum atomic E-state index is 11.7. The van der Waals surface area contributed by atoms with Crippen molar-refractivity contribution in [1.82, 2.24) is 0 Å². The molecule has 0 amide bonds. The number of rotatable bonds is 9. The van der Waals surface area contributed by atoms with Crippen LogP contribution in [0.3, 0.4) is 0 Å². The lowest BCUT2D eigenvalue weighted by Crippen LogP contribution is -2.10. The summed E-state index contributed by atoms with van der Waals surface area (Å²) in [7, 11) is 1.42. The first-order valence-corrected chi connectivity index (χ1v) is 8.45. The minimum atomic E-state index is -0.638. The summed E-state index contributed by atoms with van der Waals surface area (Å²) >= 11 is 0. The van der Waals surface area contributed by atoms with E-state index in [1.165, 1.54) is 19.6 Å². The maximum Gasteiger partial charge on any atom is 0.360 e. The first-order chi connectivity index (χ1) is 13.6. The van der Waals surface area contributed by atoms with Gasteiger partial charge in [0, 0.05) is 5.56 Å². The Morgan fingerprint density at radius 2 is 1.82 bits per heavy atom. The van der Waals surface area contributed by atoms with E-state index in [2.05, 4.69) is 9.89 Å². The highest BCUT2D eigenvalue weighted by Gasteiger charge is 2.06. The third-order valence-electron chi connectivity index (χ3n) is 3.43. The summed E-state index contributed by atoms with van der Waals surface area (Å²) in [4.78, 5) is 28.1. The fourth-order valence-electron chi connectivity index (χ4n) is 2.05. The number of carbonyl (C=O) groups excluding carboxylic acids is 2. The Hall–Kier alpha value is -3.45. The van der Waals surface area contributed by atoms with Crippen molar-refractivity contribution in [2.45, 2.75) is 13.5 Å². The Morgan fingerprint density at radius 1 is 1.07 bits per heavy atom. The van der Waals surface area contributed by atoms with Gasteiger partial charge in [-0.05, 0) is 24.6 Å². The van der Waals surface area contributed by atoms with Crippen LogP contribution in [0.1, 0.15) is 16.7 Å². The van der Waals surface area contributed by atoms with Gasteiger partial charge in [-0.3, -0.25) is 0 Å². The first kappa shape index (κ1) is 20.9. The van der Waals surface area contributed by atoms with E-state index < -0.39 is 11.9 Å². The molecule has 0 aromatic heterocycles. The molecule has 2 aromatic carbocycles. The van der Waals surface area contributed by atoms with Gasteiger partial charge in [0.1, 0.15) is 12.4 Å². The van der Waals surface area contributed by atoms with Crippen LogP contribution in [0.2, 0.25) is 0 Å². The highest BCUT2D eigenvalue weighted by Crippen LogP contribution is 2.16. The van der Waals surface area contributed by atoms with Crippen LogP contribution >= 0.6 is 0 Å². The third kappa shape index (κ3) is 7.43. The predicted octanol–water partition coefficient (Wildman–Crippen LogP) is 3.15. The number of hydrogen-bond donors (Lipinski definition) is 0. The molecule has 0 aliphatic heterocycles. The Kier molecular flexibility index (Phi) is 8.42. The normalized spacial score (nSPS) is 10.9. The zero-order chi connectivity index (χ0) is 20.2. The van der Waals surface area contributed by atoms with Gasteiger partial charge >= 0.3 is 11.9 Å². The summed E-state index contributed by atoms with van der Waals surface area (Å²) in [6, 6.07) is 14.5. The van der Waals surface area contributed by atoms with Gasteiger partial charge in [-0.15, -0.1) is 0 Å². The molecule has 0 saturated heterocycles. The van der Waals surface area contributed by atoms with E-state index in [0.717, 1.165) is 17.2 Å². The zero-order valence-electron chi connectivity index (χ0n) is 15.7. The SMILES string of the molecule is COC=CC(=O)Oc1ccccc1C=NOC(=O)COCc1ccc(C)cc1. The molecule has 0 radical (unpaired) electrons. The minimum absolute atomic E-state index is 0.232. The Morgan fingerprint density at radius 3 is 2.57 bits per heavy atom. The van der Waals surface area contributed by atoms with E-state index in [9.17, 15) is 9.59 Å². The lowest BCUT2D eigenvalue weighted by molar-refractivity contribution is -0.149. The summed E-state index contributed by atoms with van der Waals surface area (Å²) in [5, 5.41) is 3.62. The van der Waals surface area contributed by atoms with Crippen LogP contribution in [0.25, 0.3) is 0 Å². The quantitative estimate of drug-likeness (QED) is 0.126. The van der Waals surface area contributed by atoms with E-state index >= 15 is 0 Å². The van der Waals surface area contributed by atoms with E-state index in [0.29, 0.717) is 12.2 Å². The smallest absolute Gasteiger partial charge is 0.360 e. The van der Waals surface area contributed by atoms with Crippen molar-refractivity contribution >= 4 is 18.2 Å². The minimum Gasteiger partial charge on any atom is -0.504 e. The molecule has 0 atom stereocenters. The summed E-state index contributed by atoms with van der Waals surface area (Å²) in [6.45, 7) is 2.06. The molecule has 7 heteroatoms. The summed E-state index contributed by atoms with van der Waals surface area (Å²) in [5.74, 6) is -0.978. The Balaban J connectivity index is 1.81. The molecule has 28 heavy (non-hydrogen) atoms. The van der Waals surface area contributed by atoms with Gasteiger partial charge < -0.3 is 19.0 Å². The molecule has 0 aliphatic carbocycles. The predicted molar refractivity (Wildman–Crippen MR) is 103 cm³/mol. The van der Waals surface area contributed by atoms with Gasteiger partial charge in [0.25, 0.3) is 0 Å². The molecule has 0 saturated carbocycles. The molecule has 0 spiro atoms. The van der Waals surface area contributed by atoms with Gasteiger partial charge in [0.05, 0.1) is 32.3 Å². The molecule has 146 valence electrons. The number of ether oxygens (including phenoxy) is 3. The molecule has 0 fully saturated rings. The van der Waals surface area contributed by atoms with Crippen molar-refractivity contribution in [2.75, 3.05) is 13.7 Å². The number of methoxy groups -OCH3 is 1. The second-order valence-electron chi connectivity index (χ2n) is 5.67. The molecule has 0 unspecified atom stereocenters. The molecular formula is C21H21NO6. The summed E-state index contributed by atoms with van der Waals surface area (Å²) < 4.78 is 15.1. The number of hydrogen-bond acceptors (Lipinski definition) is 7. The number of oxime groups is 1. The van der Waals surface area contributed by atoms with E-state index in [1.807, 2.05) is 31.2 Å². The summed E-state index contributed by atoms with van der Waals surface area (Å²) in [5.41, 5.74) is 2.58. The Bertz CT molecular complexity index is 842. The molecule has 0 N–H and O–H groups in total. The van der Waals surface area contributed by atoms with Crippen LogP contribution in [0.5, 0.6) is 5.75 Å². The number of esters is 1. The van der Waals surface area contributed by atoms with Crippen LogP contribution in [0, 0.1) is 6.92 Å². The van der Waals surface area contributed by atoms with Crippen LogP contribution in [-0.4, -0.2) is 31.9 Å². The number of benzene rings is 2. The second-order valence-corrected chi connectivity index (χ2v) is 5.67. The maximum absolute atomic E-state index is 11.7. The van der Waals surface area contributed by atoms with Gasteiger partial charge in [-0.1, -0.05) is 47.1 Å². The molecule has 2 aromatic rings. The number of para-hydroxylation sites is 1. The van der Waals surface area contributed by atoms with Crippen LogP contribution < -0.4 is 4.74 Å². The molecule has 0 aliphatic rings. The molecule has 0 heterocycles. The van der Waals surface area contributed by atoms with Crippen LogP contribution in [0.15, 0.2) is 66.0 Å². The van der Waals surface area contributed by atoms with Gasteiger partial charge in [0.2, 0.25) is 0 Å². The van der Waals surface area contributed by atoms with Crippen molar-refractivity contribution in [3.8, 4) is 5.75 Å². The third-order valence-corrected chi connectivity index (χ3v) is 3.43. The topological polar surface area (TPSA) is 83.4 Å². The lowest BCUT2D eigenvalue weighted by atomic mass is 10.2. The molecule has 0 bridgehead atoms. The molecule has 2 rings (SSSR count). The molecular weight excluding hydrogens is 362 g/mol. The van der Waals surface area contributed by atoms with Crippen molar-refractivity contribution in [2.24, 2.45) is 5.16 Å². The van der Waals surface area contributed by atoms with Gasteiger partial charge in [-0.2, -0.15) is 0 Å². The van der Waals surface area contributed by atoms with E-state index in [4.69, 9.17) is 14.3 Å². The lowest BCUT2D eigenvalue weighted by Gasteiger charge is -2.05. The average Bonchev–Trinajstić information content (AvgIpc) is 2.69. The number of aryl methyl sites for hydroxylation is 1. The fraction of sp³-hybridized carbons (Fsp3) is 0.190. The van der Waals surface area contributed by atoms with Crippen molar-refractivity contribution < 1.29 is 28.6 Å². The van der Waals surface area contributed by atoms with Crippen molar-refractivity contribution in [3.63, 3.8) is 0 Å².